The van der Waals surface area contributed by atoms with Crippen LogP contribution in [0.5, 0.6) is 0 Å². The SMILES string of the molecule is Cc1sc(-c2ccco2)nc1C(=O)N[C@H](CC(C)C)C(=O)O. The lowest BCUT2D eigenvalue weighted by molar-refractivity contribution is -0.139. The molecule has 0 saturated carbocycles. The standard InChI is InChI=1S/C15H18N2O4S/c1-8(2)7-10(15(19)20)16-13(18)12-9(3)22-14(17-12)11-5-4-6-21-11/h4-6,8,10H,7H2,1-3H3,(H,16,18)(H,19,20)/t10-/m1/s1. The maximum absolute atomic E-state index is 12.3. The second kappa shape index (κ2) is 6.74. The van der Waals surface area contributed by atoms with Gasteiger partial charge in [-0.1, -0.05) is 13.8 Å². The number of rotatable bonds is 6. The number of hydrogen-bond donors (Lipinski definition) is 2. The molecule has 2 N–H and O–H groups in total. The minimum absolute atomic E-state index is 0.164. The number of furan rings is 1. The summed E-state index contributed by atoms with van der Waals surface area (Å²) >= 11 is 1.34. The molecule has 22 heavy (non-hydrogen) atoms. The topological polar surface area (TPSA) is 92.4 Å². The van der Waals surface area contributed by atoms with Crippen molar-refractivity contribution in [2.45, 2.75) is 33.2 Å². The third-order valence-electron chi connectivity index (χ3n) is 3.05. The molecule has 0 spiro atoms. The number of carbonyl (C=O) groups excluding carboxylic acids is 1. The van der Waals surface area contributed by atoms with Gasteiger partial charge in [0.2, 0.25) is 0 Å². The van der Waals surface area contributed by atoms with Gasteiger partial charge in [0.25, 0.3) is 5.91 Å². The van der Waals surface area contributed by atoms with Gasteiger partial charge in [-0.15, -0.1) is 11.3 Å². The minimum Gasteiger partial charge on any atom is -0.480 e. The van der Waals surface area contributed by atoms with Gasteiger partial charge in [-0.2, -0.15) is 0 Å². The number of thiazole rings is 1. The maximum atomic E-state index is 12.3. The molecule has 0 radical (unpaired) electrons. The van der Waals surface area contributed by atoms with Crippen molar-refractivity contribution in [3.05, 3.63) is 29.0 Å². The third-order valence-corrected chi connectivity index (χ3v) is 4.04. The molecule has 2 heterocycles. The lowest BCUT2D eigenvalue weighted by atomic mass is 10.0. The van der Waals surface area contributed by atoms with Crippen molar-refractivity contribution < 1.29 is 19.1 Å². The van der Waals surface area contributed by atoms with Crippen LogP contribution in [-0.4, -0.2) is 28.0 Å². The Balaban J connectivity index is 2.17. The normalized spacial score (nSPS) is 12.4. The van der Waals surface area contributed by atoms with E-state index in [4.69, 9.17) is 4.42 Å². The highest BCUT2D eigenvalue weighted by molar-refractivity contribution is 7.15. The quantitative estimate of drug-likeness (QED) is 0.853. The van der Waals surface area contributed by atoms with E-state index in [0.717, 1.165) is 4.88 Å². The van der Waals surface area contributed by atoms with Crippen LogP contribution in [0.4, 0.5) is 0 Å². The first-order valence-corrected chi connectivity index (χ1v) is 7.75. The summed E-state index contributed by atoms with van der Waals surface area (Å²) < 4.78 is 5.26. The van der Waals surface area contributed by atoms with Gasteiger partial charge in [0.1, 0.15) is 11.7 Å². The van der Waals surface area contributed by atoms with Crippen LogP contribution in [0.1, 0.15) is 35.6 Å². The first kappa shape index (κ1) is 16.2. The molecule has 1 amide bonds. The van der Waals surface area contributed by atoms with Crippen LogP contribution in [0.2, 0.25) is 0 Å². The molecule has 2 rings (SSSR count). The van der Waals surface area contributed by atoms with Crippen LogP contribution >= 0.6 is 11.3 Å². The molecule has 0 fully saturated rings. The predicted octanol–water partition coefficient (Wildman–Crippen LogP) is 2.94. The number of nitrogens with zero attached hydrogens (tertiary/aromatic N) is 1. The third kappa shape index (κ3) is 3.73. The average Bonchev–Trinajstić information content (AvgIpc) is 3.05. The zero-order valence-corrected chi connectivity index (χ0v) is 13.4. The molecular weight excluding hydrogens is 304 g/mol. The summed E-state index contributed by atoms with van der Waals surface area (Å²) in [6, 6.07) is 2.59. The van der Waals surface area contributed by atoms with E-state index in [2.05, 4.69) is 10.3 Å². The number of aliphatic carboxylic acids is 1. The fraction of sp³-hybridized carbons (Fsp3) is 0.400. The summed E-state index contributed by atoms with van der Waals surface area (Å²) in [6.45, 7) is 5.59. The van der Waals surface area contributed by atoms with Crippen molar-refractivity contribution in [1.82, 2.24) is 10.3 Å². The first-order valence-electron chi connectivity index (χ1n) is 6.93. The molecule has 0 saturated heterocycles. The predicted molar refractivity (Wildman–Crippen MR) is 82.9 cm³/mol. The Hall–Kier alpha value is -2.15. The van der Waals surface area contributed by atoms with Crippen molar-refractivity contribution >= 4 is 23.2 Å². The number of nitrogens with one attached hydrogen (secondary N) is 1. The highest BCUT2D eigenvalue weighted by Crippen LogP contribution is 2.27. The Labute approximate surface area is 132 Å². The Morgan fingerprint density at radius 2 is 2.18 bits per heavy atom. The molecular formula is C15H18N2O4S. The fourth-order valence-corrected chi connectivity index (χ4v) is 2.91. The summed E-state index contributed by atoms with van der Waals surface area (Å²) in [6.07, 6.45) is 1.91. The van der Waals surface area contributed by atoms with Crippen molar-refractivity contribution in [3.63, 3.8) is 0 Å². The molecule has 6 nitrogen and oxygen atoms in total. The summed E-state index contributed by atoms with van der Waals surface area (Å²) in [5.74, 6) is -0.762. The number of carboxylic acid groups (broad SMARTS) is 1. The van der Waals surface area contributed by atoms with E-state index in [0.29, 0.717) is 17.2 Å². The molecule has 1 atom stereocenters. The second-order valence-corrected chi connectivity index (χ2v) is 6.60. The van der Waals surface area contributed by atoms with Gasteiger partial charge in [0.15, 0.2) is 10.8 Å². The van der Waals surface area contributed by atoms with Crippen LogP contribution in [0.25, 0.3) is 10.8 Å². The van der Waals surface area contributed by atoms with E-state index in [1.54, 1.807) is 19.1 Å². The Morgan fingerprint density at radius 1 is 1.45 bits per heavy atom. The van der Waals surface area contributed by atoms with Gasteiger partial charge >= 0.3 is 5.97 Å². The zero-order valence-electron chi connectivity index (χ0n) is 12.6. The molecule has 2 aromatic heterocycles. The Morgan fingerprint density at radius 3 is 2.73 bits per heavy atom. The van der Waals surface area contributed by atoms with Gasteiger partial charge in [-0.25, -0.2) is 9.78 Å². The molecule has 0 aliphatic heterocycles. The molecule has 0 unspecified atom stereocenters. The zero-order chi connectivity index (χ0) is 16.3. The van der Waals surface area contributed by atoms with Crippen LogP contribution in [0, 0.1) is 12.8 Å². The summed E-state index contributed by atoms with van der Waals surface area (Å²) in [4.78, 5) is 28.5. The monoisotopic (exact) mass is 322 g/mol. The van der Waals surface area contributed by atoms with Crippen molar-refractivity contribution in [3.8, 4) is 10.8 Å². The van der Waals surface area contributed by atoms with E-state index in [1.165, 1.54) is 17.6 Å². The van der Waals surface area contributed by atoms with E-state index < -0.39 is 17.9 Å². The first-order chi connectivity index (χ1) is 10.4. The number of carboxylic acids is 1. The molecule has 118 valence electrons. The average molecular weight is 322 g/mol. The molecule has 7 heteroatoms. The van der Waals surface area contributed by atoms with Gasteiger partial charge in [0, 0.05) is 4.88 Å². The van der Waals surface area contributed by atoms with E-state index >= 15 is 0 Å². The van der Waals surface area contributed by atoms with Gasteiger partial charge in [0.05, 0.1) is 6.26 Å². The highest BCUT2D eigenvalue weighted by Gasteiger charge is 2.24. The van der Waals surface area contributed by atoms with Crippen molar-refractivity contribution in [1.29, 1.82) is 0 Å². The number of hydrogen-bond acceptors (Lipinski definition) is 5. The summed E-state index contributed by atoms with van der Waals surface area (Å²) in [5.41, 5.74) is 0.242. The number of aromatic nitrogens is 1. The van der Waals surface area contributed by atoms with Crippen LogP contribution in [-0.2, 0) is 4.79 Å². The molecule has 2 aromatic rings. The lowest BCUT2D eigenvalue weighted by Gasteiger charge is -2.15. The molecule has 0 aliphatic rings. The van der Waals surface area contributed by atoms with Crippen molar-refractivity contribution in [2.75, 3.05) is 0 Å². The number of aryl methyl sites for hydroxylation is 1. The number of amides is 1. The van der Waals surface area contributed by atoms with Gasteiger partial charge < -0.3 is 14.8 Å². The second-order valence-electron chi connectivity index (χ2n) is 5.39. The molecule has 0 aliphatic carbocycles. The van der Waals surface area contributed by atoms with Crippen LogP contribution in [0.3, 0.4) is 0 Å². The highest BCUT2D eigenvalue weighted by atomic mass is 32.1. The van der Waals surface area contributed by atoms with Crippen LogP contribution < -0.4 is 5.32 Å². The largest absolute Gasteiger partial charge is 0.480 e. The molecule has 0 aromatic carbocycles. The Bertz CT molecular complexity index is 661. The summed E-state index contributed by atoms with van der Waals surface area (Å²) in [7, 11) is 0. The Kier molecular flexibility index (Phi) is 4.97. The lowest BCUT2D eigenvalue weighted by Crippen LogP contribution is -2.42. The van der Waals surface area contributed by atoms with Crippen LogP contribution in [0.15, 0.2) is 22.8 Å². The van der Waals surface area contributed by atoms with E-state index in [1.807, 2.05) is 13.8 Å². The smallest absolute Gasteiger partial charge is 0.326 e. The summed E-state index contributed by atoms with van der Waals surface area (Å²) in [5, 5.41) is 12.3. The fourth-order valence-electron chi connectivity index (χ4n) is 2.03. The maximum Gasteiger partial charge on any atom is 0.326 e. The van der Waals surface area contributed by atoms with E-state index in [-0.39, 0.29) is 11.6 Å². The van der Waals surface area contributed by atoms with Crippen molar-refractivity contribution in [2.24, 2.45) is 5.92 Å². The van der Waals surface area contributed by atoms with E-state index in [9.17, 15) is 14.7 Å². The van der Waals surface area contributed by atoms with Gasteiger partial charge in [-0.05, 0) is 31.4 Å². The number of carbonyl (C=O) groups is 2. The van der Waals surface area contributed by atoms with Gasteiger partial charge in [-0.3, -0.25) is 4.79 Å². The minimum atomic E-state index is -1.04. The molecule has 0 bridgehead atoms.